The van der Waals surface area contributed by atoms with Gasteiger partial charge >= 0.3 is 0 Å². The van der Waals surface area contributed by atoms with Gasteiger partial charge in [-0.1, -0.05) is 19.1 Å². The first kappa shape index (κ1) is 14.5. The van der Waals surface area contributed by atoms with E-state index in [1.165, 1.54) is 0 Å². The molecule has 0 aliphatic heterocycles. The van der Waals surface area contributed by atoms with Gasteiger partial charge in [0.2, 0.25) is 0 Å². The third kappa shape index (κ3) is 4.65. The molecular formula is C13H22N6O. The molecule has 0 aromatic carbocycles. The predicted octanol–water partition coefficient (Wildman–Crippen LogP) is 0.836. The van der Waals surface area contributed by atoms with E-state index in [0.717, 1.165) is 24.5 Å². The van der Waals surface area contributed by atoms with E-state index in [2.05, 4.69) is 34.6 Å². The summed E-state index contributed by atoms with van der Waals surface area (Å²) >= 11 is 0. The van der Waals surface area contributed by atoms with E-state index in [1.807, 2.05) is 19.4 Å². The second-order valence-corrected chi connectivity index (χ2v) is 5.20. The second-order valence-electron chi connectivity index (χ2n) is 5.20. The van der Waals surface area contributed by atoms with Crippen molar-refractivity contribution >= 4 is 0 Å². The summed E-state index contributed by atoms with van der Waals surface area (Å²) in [5.41, 5.74) is 0.951. The van der Waals surface area contributed by atoms with Crippen molar-refractivity contribution in [2.75, 3.05) is 13.2 Å². The molecule has 110 valence electrons. The fraction of sp³-hybridized carbons (Fsp3) is 0.615. The second kappa shape index (κ2) is 7.04. The number of aromatic nitrogens is 5. The fourth-order valence-electron chi connectivity index (χ4n) is 1.75. The maximum atomic E-state index is 5.57. The molecule has 0 saturated carbocycles. The molecule has 2 aromatic heterocycles. The summed E-state index contributed by atoms with van der Waals surface area (Å²) in [7, 11) is 1.86. The Bertz CT molecular complexity index is 518. The van der Waals surface area contributed by atoms with Gasteiger partial charge in [-0.25, -0.2) is 4.68 Å². The summed E-state index contributed by atoms with van der Waals surface area (Å²) in [6, 6.07) is 0. The lowest BCUT2D eigenvalue weighted by Crippen LogP contribution is -2.19. The smallest absolute Gasteiger partial charge is 0.157 e. The molecule has 2 aromatic rings. The number of rotatable bonds is 8. The summed E-state index contributed by atoms with van der Waals surface area (Å²) < 4.78 is 9.07. The van der Waals surface area contributed by atoms with Crippen molar-refractivity contribution in [3.05, 3.63) is 24.3 Å². The van der Waals surface area contributed by atoms with Crippen LogP contribution >= 0.6 is 0 Å². The molecule has 0 radical (unpaired) electrons. The van der Waals surface area contributed by atoms with Gasteiger partial charge in [-0.15, -0.1) is 5.10 Å². The molecule has 7 heteroatoms. The number of hydrogen-bond donors (Lipinski definition) is 1. The molecule has 0 aliphatic rings. The maximum absolute atomic E-state index is 5.57. The van der Waals surface area contributed by atoms with Gasteiger partial charge in [-0.3, -0.25) is 4.68 Å². The maximum Gasteiger partial charge on any atom is 0.157 e. The third-order valence-corrected chi connectivity index (χ3v) is 2.72. The van der Waals surface area contributed by atoms with Crippen molar-refractivity contribution in [3.8, 4) is 5.75 Å². The topological polar surface area (TPSA) is 69.8 Å². The van der Waals surface area contributed by atoms with Crippen molar-refractivity contribution < 1.29 is 4.74 Å². The lowest BCUT2D eigenvalue weighted by molar-refractivity contribution is 0.289. The number of aryl methyl sites for hydroxylation is 1. The Morgan fingerprint density at radius 2 is 2.20 bits per heavy atom. The monoisotopic (exact) mass is 278 g/mol. The van der Waals surface area contributed by atoms with Crippen LogP contribution in [0.1, 0.15) is 19.5 Å². The normalized spacial score (nSPS) is 11.2. The van der Waals surface area contributed by atoms with E-state index in [1.54, 1.807) is 15.6 Å². The Morgan fingerprint density at radius 3 is 2.90 bits per heavy atom. The summed E-state index contributed by atoms with van der Waals surface area (Å²) in [6.45, 7) is 7.32. The number of ether oxygens (including phenoxy) is 1. The highest BCUT2D eigenvalue weighted by Crippen LogP contribution is 2.06. The van der Waals surface area contributed by atoms with Crippen molar-refractivity contribution in [1.29, 1.82) is 0 Å². The molecule has 0 atom stereocenters. The van der Waals surface area contributed by atoms with Crippen LogP contribution < -0.4 is 10.1 Å². The van der Waals surface area contributed by atoms with Crippen molar-refractivity contribution in [2.24, 2.45) is 13.0 Å². The lowest BCUT2D eigenvalue weighted by Gasteiger charge is -2.04. The van der Waals surface area contributed by atoms with E-state index < -0.39 is 0 Å². The Morgan fingerprint density at radius 1 is 1.35 bits per heavy atom. The Labute approximate surface area is 118 Å². The Kier molecular flexibility index (Phi) is 5.11. The quantitative estimate of drug-likeness (QED) is 0.774. The van der Waals surface area contributed by atoms with E-state index in [4.69, 9.17) is 4.74 Å². The minimum absolute atomic E-state index is 0.550. The van der Waals surface area contributed by atoms with Crippen molar-refractivity contribution in [2.45, 2.75) is 26.9 Å². The first-order chi connectivity index (χ1) is 9.63. The van der Waals surface area contributed by atoms with Gasteiger partial charge in [0.05, 0.1) is 24.6 Å². The van der Waals surface area contributed by atoms with Crippen molar-refractivity contribution in [1.82, 2.24) is 30.1 Å². The first-order valence-corrected chi connectivity index (χ1v) is 6.84. The standard InChI is InChI=1S/C13H22N6O/c1-11(2)6-14-7-12-9-19(17-16-12)4-5-20-13-8-15-18(3)10-13/h8-11,14H,4-7H2,1-3H3. The average molecular weight is 278 g/mol. The van der Waals surface area contributed by atoms with Gasteiger partial charge < -0.3 is 10.1 Å². The van der Waals surface area contributed by atoms with Crippen molar-refractivity contribution in [3.63, 3.8) is 0 Å². The molecule has 0 unspecified atom stereocenters. The molecule has 2 rings (SSSR count). The van der Waals surface area contributed by atoms with E-state index in [9.17, 15) is 0 Å². The number of hydrogen-bond acceptors (Lipinski definition) is 5. The van der Waals surface area contributed by atoms with Crippen LogP contribution in [0.25, 0.3) is 0 Å². The fourth-order valence-corrected chi connectivity index (χ4v) is 1.75. The number of nitrogens with zero attached hydrogens (tertiary/aromatic N) is 5. The minimum atomic E-state index is 0.550. The molecule has 0 saturated heterocycles. The molecule has 20 heavy (non-hydrogen) atoms. The molecule has 0 aliphatic carbocycles. The molecular weight excluding hydrogens is 256 g/mol. The minimum Gasteiger partial charge on any atom is -0.488 e. The number of nitrogens with one attached hydrogen (secondary N) is 1. The highest BCUT2D eigenvalue weighted by atomic mass is 16.5. The molecule has 0 amide bonds. The summed E-state index contributed by atoms with van der Waals surface area (Å²) in [4.78, 5) is 0. The van der Waals surface area contributed by atoms with Gasteiger partial charge in [-0.2, -0.15) is 5.10 Å². The van der Waals surface area contributed by atoms with Gasteiger partial charge in [0.15, 0.2) is 5.75 Å². The molecule has 7 nitrogen and oxygen atoms in total. The largest absolute Gasteiger partial charge is 0.488 e. The van der Waals surface area contributed by atoms with Crippen LogP contribution in [0.4, 0.5) is 0 Å². The van der Waals surface area contributed by atoms with Crippen LogP contribution in [-0.4, -0.2) is 37.9 Å². The van der Waals surface area contributed by atoms with Crippen LogP contribution in [0.5, 0.6) is 5.75 Å². The van der Waals surface area contributed by atoms with E-state index in [0.29, 0.717) is 19.1 Å². The van der Waals surface area contributed by atoms with E-state index >= 15 is 0 Å². The molecule has 0 fully saturated rings. The van der Waals surface area contributed by atoms with E-state index in [-0.39, 0.29) is 0 Å². The van der Waals surface area contributed by atoms with Crippen LogP contribution in [-0.2, 0) is 20.1 Å². The molecule has 1 N–H and O–H groups in total. The van der Waals surface area contributed by atoms with Crippen LogP contribution in [0.3, 0.4) is 0 Å². The van der Waals surface area contributed by atoms with Gasteiger partial charge in [-0.05, 0) is 12.5 Å². The van der Waals surface area contributed by atoms with Gasteiger partial charge in [0.1, 0.15) is 6.61 Å². The zero-order valence-corrected chi connectivity index (χ0v) is 12.3. The zero-order valence-electron chi connectivity index (χ0n) is 12.3. The Balaban J connectivity index is 1.69. The molecule has 0 spiro atoms. The zero-order chi connectivity index (χ0) is 14.4. The predicted molar refractivity (Wildman–Crippen MR) is 75.3 cm³/mol. The SMILES string of the molecule is CC(C)CNCc1cn(CCOc2cnn(C)c2)nn1. The lowest BCUT2D eigenvalue weighted by atomic mass is 10.2. The highest BCUT2D eigenvalue weighted by molar-refractivity contribution is 5.11. The van der Waals surface area contributed by atoms with Gasteiger partial charge in [0.25, 0.3) is 0 Å². The molecule has 0 bridgehead atoms. The van der Waals surface area contributed by atoms with Crippen LogP contribution in [0.15, 0.2) is 18.6 Å². The summed E-state index contributed by atoms with van der Waals surface area (Å²) in [5, 5.41) is 15.6. The third-order valence-electron chi connectivity index (χ3n) is 2.72. The van der Waals surface area contributed by atoms with Gasteiger partial charge in [0, 0.05) is 19.8 Å². The first-order valence-electron chi connectivity index (χ1n) is 6.84. The average Bonchev–Trinajstić information content (AvgIpc) is 2.99. The van der Waals surface area contributed by atoms with Crippen LogP contribution in [0.2, 0.25) is 0 Å². The van der Waals surface area contributed by atoms with Crippen LogP contribution in [0, 0.1) is 5.92 Å². The highest BCUT2D eigenvalue weighted by Gasteiger charge is 2.02. The molecule has 2 heterocycles. The Hall–Kier alpha value is -1.89. The summed E-state index contributed by atoms with van der Waals surface area (Å²) in [5.74, 6) is 1.41. The summed E-state index contributed by atoms with van der Waals surface area (Å²) in [6.07, 6.45) is 5.48.